The van der Waals surface area contributed by atoms with Crippen molar-refractivity contribution < 1.29 is 28.5 Å². The lowest BCUT2D eigenvalue weighted by Crippen LogP contribution is -2.39. The van der Waals surface area contributed by atoms with Gasteiger partial charge >= 0.3 is 12.0 Å². The van der Waals surface area contributed by atoms with E-state index in [1.807, 2.05) is 0 Å². The molecule has 0 aliphatic carbocycles. The summed E-state index contributed by atoms with van der Waals surface area (Å²) < 4.78 is 32.6. The normalized spacial score (nSPS) is 13.0. The highest BCUT2D eigenvalue weighted by Crippen LogP contribution is 2.36. The van der Waals surface area contributed by atoms with E-state index >= 15 is 0 Å². The maximum Gasteiger partial charge on any atom is 0.328 e. The molecule has 0 aliphatic heterocycles. The first-order chi connectivity index (χ1) is 15.7. The van der Waals surface area contributed by atoms with E-state index in [0.29, 0.717) is 22.3 Å². The standard InChI is InChI=1S/C21H16ClF2N5O4/c1-9(30)16(20(31)32)25-18-15-17(11-4-2-3-5-12(11)22)28-29-19(15)27-21(26-18)33-14-7-6-10(23)8-13(14)24/h2-9,16,30H,1H3,(H,31,32)(H2,25,26,27,28,29)/t9-,16+/m1/s1. The molecule has 0 bridgehead atoms. The van der Waals surface area contributed by atoms with Crippen molar-refractivity contribution in [3.8, 4) is 23.0 Å². The van der Waals surface area contributed by atoms with Crippen LogP contribution in [0.25, 0.3) is 22.3 Å². The Morgan fingerprint density at radius 2 is 1.97 bits per heavy atom. The molecule has 2 atom stereocenters. The molecule has 0 radical (unpaired) electrons. The summed E-state index contributed by atoms with van der Waals surface area (Å²) in [5.74, 6) is -3.53. The van der Waals surface area contributed by atoms with Gasteiger partial charge in [0.25, 0.3) is 0 Å². The van der Waals surface area contributed by atoms with Crippen molar-refractivity contribution in [2.75, 3.05) is 5.32 Å². The number of nitrogens with zero attached hydrogens (tertiary/aromatic N) is 3. The molecule has 0 spiro atoms. The summed E-state index contributed by atoms with van der Waals surface area (Å²) in [6.45, 7) is 1.29. The minimum Gasteiger partial charge on any atom is -0.480 e. The lowest BCUT2D eigenvalue weighted by atomic mass is 10.1. The summed E-state index contributed by atoms with van der Waals surface area (Å²) in [5, 5.41) is 29.6. The average Bonchev–Trinajstić information content (AvgIpc) is 3.17. The summed E-state index contributed by atoms with van der Waals surface area (Å²) in [7, 11) is 0. The zero-order valence-corrected chi connectivity index (χ0v) is 17.6. The number of anilines is 1. The number of hydrogen-bond donors (Lipinski definition) is 4. The van der Waals surface area contributed by atoms with Gasteiger partial charge in [0, 0.05) is 11.6 Å². The first-order valence-electron chi connectivity index (χ1n) is 9.56. The number of aliphatic hydroxyl groups is 1. The molecule has 4 N–H and O–H groups in total. The van der Waals surface area contributed by atoms with Crippen molar-refractivity contribution in [3.63, 3.8) is 0 Å². The molecule has 2 aromatic carbocycles. The number of rotatable bonds is 7. The van der Waals surface area contributed by atoms with Gasteiger partial charge in [0.05, 0.1) is 16.5 Å². The number of hydrogen-bond acceptors (Lipinski definition) is 7. The number of ether oxygens (including phenoxy) is 1. The number of carboxylic acids is 1. The second kappa shape index (κ2) is 8.96. The van der Waals surface area contributed by atoms with E-state index in [0.717, 1.165) is 12.1 Å². The van der Waals surface area contributed by atoms with Gasteiger partial charge in [-0.15, -0.1) is 0 Å². The van der Waals surface area contributed by atoms with Crippen LogP contribution in [-0.4, -0.2) is 48.5 Å². The van der Waals surface area contributed by atoms with Crippen LogP contribution in [0, 0.1) is 11.6 Å². The van der Waals surface area contributed by atoms with Crippen molar-refractivity contribution in [3.05, 3.63) is 59.1 Å². The molecule has 12 heteroatoms. The van der Waals surface area contributed by atoms with E-state index in [1.54, 1.807) is 24.3 Å². The molecule has 0 unspecified atom stereocenters. The first kappa shape index (κ1) is 22.4. The second-order valence-electron chi connectivity index (χ2n) is 7.01. The number of aliphatic carboxylic acids is 1. The Labute approximate surface area is 190 Å². The number of benzene rings is 2. The fourth-order valence-electron chi connectivity index (χ4n) is 3.10. The van der Waals surface area contributed by atoms with E-state index < -0.39 is 29.7 Å². The van der Waals surface area contributed by atoms with Crippen molar-refractivity contribution in [1.82, 2.24) is 20.2 Å². The van der Waals surface area contributed by atoms with Crippen LogP contribution in [0.3, 0.4) is 0 Å². The lowest BCUT2D eigenvalue weighted by molar-refractivity contribution is -0.140. The highest BCUT2D eigenvalue weighted by atomic mass is 35.5. The Bertz CT molecular complexity index is 1350. The maximum absolute atomic E-state index is 14.1. The third kappa shape index (κ3) is 4.54. The molecule has 0 fully saturated rings. The maximum atomic E-state index is 14.1. The van der Waals surface area contributed by atoms with Crippen LogP contribution in [0.4, 0.5) is 14.6 Å². The van der Waals surface area contributed by atoms with E-state index in [2.05, 4.69) is 25.5 Å². The number of halogens is 3. The van der Waals surface area contributed by atoms with Crippen LogP contribution in [-0.2, 0) is 4.79 Å². The Balaban J connectivity index is 1.87. The number of aromatic nitrogens is 4. The van der Waals surface area contributed by atoms with Gasteiger partial charge in [-0.2, -0.15) is 15.1 Å². The number of nitrogens with one attached hydrogen (secondary N) is 2. The Kier molecular flexibility index (Phi) is 6.07. The van der Waals surface area contributed by atoms with E-state index in [9.17, 15) is 23.8 Å². The van der Waals surface area contributed by atoms with Crippen LogP contribution in [0.5, 0.6) is 11.8 Å². The average molecular weight is 476 g/mol. The predicted molar refractivity (Wildman–Crippen MR) is 115 cm³/mol. The number of fused-ring (bicyclic) bond motifs is 1. The molecule has 170 valence electrons. The Morgan fingerprint density at radius 3 is 2.64 bits per heavy atom. The fourth-order valence-corrected chi connectivity index (χ4v) is 3.33. The number of H-pyrrole nitrogens is 1. The van der Waals surface area contributed by atoms with Crippen LogP contribution in [0.1, 0.15) is 6.92 Å². The van der Waals surface area contributed by atoms with Crippen LogP contribution in [0.15, 0.2) is 42.5 Å². The van der Waals surface area contributed by atoms with Gasteiger partial charge in [-0.05, 0) is 25.1 Å². The molecule has 9 nitrogen and oxygen atoms in total. The Hall–Kier alpha value is -3.83. The first-order valence-corrected chi connectivity index (χ1v) is 9.93. The minimum absolute atomic E-state index is 0.0607. The SMILES string of the molecule is C[C@@H](O)[C@H](Nc1nc(Oc2ccc(F)cc2F)nc2[nH]nc(-c3ccccc3Cl)c12)C(=O)O. The zero-order chi connectivity index (χ0) is 23.7. The second-order valence-corrected chi connectivity index (χ2v) is 7.42. The third-order valence-electron chi connectivity index (χ3n) is 4.66. The largest absolute Gasteiger partial charge is 0.480 e. The highest BCUT2D eigenvalue weighted by molar-refractivity contribution is 6.33. The fraction of sp³-hybridized carbons (Fsp3) is 0.143. The van der Waals surface area contributed by atoms with Gasteiger partial charge in [-0.25, -0.2) is 13.6 Å². The van der Waals surface area contributed by atoms with Crippen LogP contribution < -0.4 is 10.1 Å². The van der Waals surface area contributed by atoms with E-state index in [4.69, 9.17) is 16.3 Å². The number of aromatic amines is 1. The van der Waals surface area contributed by atoms with E-state index in [1.165, 1.54) is 6.92 Å². The molecule has 0 aliphatic rings. The minimum atomic E-state index is -1.45. The number of aliphatic hydroxyl groups excluding tert-OH is 1. The summed E-state index contributed by atoms with van der Waals surface area (Å²) in [6.07, 6.45) is -1.30. The highest BCUT2D eigenvalue weighted by Gasteiger charge is 2.27. The van der Waals surface area contributed by atoms with Gasteiger partial charge < -0.3 is 20.3 Å². The molecule has 33 heavy (non-hydrogen) atoms. The molecule has 2 heterocycles. The molecule has 0 saturated heterocycles. The summed E-state index contributed by atoms with van der Waals surface area (Å²) >= 11 is 6.30. The Morgan fingerprint density at radius 1 is 1.21 bits per heavy atom. The third-order valence-corrected chi connectivity index (χ3v) is 4.99. The molecule has 0 saturated carbocycles. The van der Waals surface area contributed by atoms with Crippen molar-refractivity contribution >= 4 is 34.4 Å². The monoisotopic (exact) mass is 475 g/mol. The topological polar surface area (TPSA) is 133 Å². The predicted octanol–water partition coefficient (Wildman–Crippen LogP) is 3.99. The number of carbonyl (C=O) groups is 1. The van der Waals surface area contributed by atoms with Crippen molar-refractivity contribution in [2.45, 2.75) is 19.1 Å². The molecule has 2 aromatic heterocycles. The van der Waals surface area contributed by atoms with Gasteiger partial charge in [0.1, 0.15) is 17.3 Å². The molecule has 4 rings (SSSR count). The van der Waals surface area contributed by atoms with Crippen molar-refractivity contribution in [1.29, 1.82) is 0 Å². The smallest absolute Gasteiger partial charge is 0.328 e. The van der Waals surface area contributed by atoms with Gasteiger partial charge in [-0.3, -0.25) is 5.10 Å². The van der Waals surface area contributed by atoms with Crippen molar-refractivity contribution in [2.24, 2.45) is 0 Å². The van der Waals surface area contributed by atoms with Gasteiger partial charge in [0.15, 0.2) is 23.3 Å². The lowest BCUT2D eigenvalue weighted by Gasteiger charge is -2.18. The zero-order valence-electron chi connectivity index (χ0n) is 16.9. The quantitative estimate of drug-likeness (QED) is 0.315. The summed E-state index contributed by atoms with van der Waals surface area (Å²) in [6, 6.07) is 7.67. The summed E-state index contributed by atoms with van der Waals surface area (Å²) in [4.78, 5) is 20.0. The van der Waals surface area contributed by atoms with Crippen LogP contribution in [0.2, 0.25) is 5.02 Å². The van der Waals surface area contributed by atoms with Gasteiger partial charge in [-0.1, -0.05) is 29.8 Å². The molecule has 0 amide bonds. The number of carboxylic acid groups (broad SMARTS) is 1. The van der Waals surface area contributed by atoms with Gasteiger partial charge in [0.2, 0.25) is 0 Å². The molecule has 4 aromatic rings. The van der Waals surface area contributed by atoms with E-state index in [-0.39, 0.29) is 28.6 Å². The van der Waals surface area contributed by atoms with Crippen LogP contribution >= 0.6 is 11.6 Å². The molecular formula is C21H16ClF2N5O4. The summed E-state index contributed by atoms with van der Waals surface area (Å²) in [5.41, 5.74) is 0.946. The molecular weight excluding hydrogens is 460 g/mol.